The molecule has 1 aromatic rings. The molecule has 0 aliphatic carbocycles. The molecule has 1 aliphatic heterocycles. The Morgan fingerprint density at radius 3 is 2.65 bits per heavy atom. The standard InChI is InChI=1S/C15H22N2O3/c1-3-14(10-4-6-11(19-2)7-5-10)17-15(18)12-8-20-9-13(12)16/h4-7,12-14H,3,8-9,16H2,1-2H3,(H,17,18). The molecule has 0 bridgehead atoms. The molecular weight excluding hydrogens is 256 g/mol. The quantitative estimate of drug-likeness (QED) is 0.850. The first kappa shape index (κ1) is 14.8. The van der Waals surface area contributed by atoms with E-state index in [0.717, 1.165) is 17.7 Å². The van der Waals surface area contributed by atoms with Gasteiger partial charge in [0, 0.05) is 6.04 Å². The Balaban J connectivity index is 2.02. The summed E-state index contributed by atoms with van der Waals surface area (Å²) in [6.45, 7) is 2.91. The van der Waals surface area contributed by atoms with Crippen LogP contribution in [0.4, 0.5) is 0 Å². The highest BCUT2D eigenvalue weighted by Gasteiger charge is 2.32. The molecule has 0 saturated carbocycles. The number of benzene rings is 1. The molecule has 1 aromatic carbocycles. The van der Waals surface area contributed by atoms with Crippen molar-refractivity contribution in [3.63, 3.8) is 0 Å². The van der Waals surface area contributed by atoms with Crippen LogP contribution in [-0.2, 0) is 9.53 Å². The minimum atomic E-state index is -0.248. The Kier molecular flexibility index (Phi) is 4.98. The highest BCUT2D eigenvalue weighted by molar-refractivity contribution is 5.80. The number of nitrogens with one attached hydrogen (secondary N) is 1. The maximum atomic E-state index is 12.2. The summed E-state index contributed by atoms with van der Waals surface area (Å²) < 4.78 is 10.4. The zero-order valence-electron chi connectivity index (χ0n) is 12.0. The lowest BCUT2D eigenvalue weighted by molar-refractivity contribution is -0.126. The van der Waals surface area contributed by atoms with Gasteiger partial charge in [0.2, 0.25) is 5.91 Å². The van der Waals surface area contributed by atoms with E-state index in [4.69, 9.17) is 15.2 Å². The normalized spacial score (nSPS) is 23.4. The summed E-state index contributed by atoms with van der Waals surface area (Å²) in [5, 5.41) is 3.05. The van der Waals surface area contributed by atoms with Gasteiger partial charge >= 0.3 is 0 Å². The molecular formula is C15H22N2O3. The molecule has 1 amide bonds. The minimum Gasteiger partial charge on any atom is -0.497 e. The predicted octanol–water partition coefficient (Wildman–Crippen LogP) is 1.24. The van der Waals surface area contributed by atoms with E-state index in [2.05, 4.69) is 5.32 Å². The summed E-state index contributed by atoms with van der Waals surface area (Å²) in [5.74, 6) is 0.529. The molecule has 1 saturated heterocycles. The first-order valence-corrected chi connectivity index (χ1v) is 6.93. The third-order valence-electron chi connectivity index (χ3n) is 3.70. The van der Waals surface area contributed by atoms with Gasteiger partial charge < -0.3 is 20.5 Å². The third-order valence-corrected chi connectivity index (χ3v) is 3.70. The van der Waals surface area contributed by atoms with Gasteiger partial charge in [0.15, 0.2) is 0 Å². The van der Waals surface area contributed by atoms with Crippen LogP contribution in [0.25, 0.3) is 0 Å². The zero-order valence-corrected chi connectivity index (χ0v) is 12.0. The summed E-state index contributed by atoms with van der Waals surface area (Å²) in [7, 11) is 1.63. The van der Waals surface area contributed by atoms with Crippen LogP contribution in [-0.4, -0.2) is 32.3 Å². The molecule has 3 unspecified atom stereocenters. The van der Waals surface area contributed by atoms with Gasteiger partial charge in [-0.05, 0) is 24.1 Å². The third kappa shape index (κ3) is 3.29. The number of nitrogens with two attached hydrogens (primary N) is 1. The zero-order chi connectivity index (χ0) is 14.5. The number of methoxy groups -OCH3 is 1. The summed E-state index contributed by atoms with van der Waals surface area (Å²) in [4.78, 5) is 12.2. The second kappa shape index (κ2) is 6.72. The van der Waals surface area contributed by atoms with Crippen molar-refractivity contribution in [1.82, 2.24) is 5.32 Å². The van der Waals surface area contributed by atoms with E-state index in [1.165, 1.54) is 0 Å². The monoisotopic (exact) mass is 278 g/mol. The van der Waals surface area contributed by atoms with Gasteiger partial charge in [-0.1, -0.05) is 19.1 Å². The second-order valence-corrected chi connectivity index (χ2v) is 5.05. The smallest absolute Gasteiger partial charge is 0.227 e. The molecule has 20 heavy (non-hydrogen) atoms. The van der Waals surface area contributed by atoms with E-state index < -0.39 is 0 Å². The SMILES string of the molecule is CCC(NC(=O)C1COCC1N)c1ccc(OC)cc1. The molecule has 110 valence electrons. The van der Waals surface area contributed by atoms with Crippen LogP contribution < -0.4 is 15.8 Å². The number of rotatable bonds is 5. The van der Waals surface area contributed by atoms with Crippen LogP contribution in [0, 0.1) is 5.92 Å². The van der Waals surface area contributed by atoms with Crippen LogP contribution in [0.15, 0.2) is 24.3 Å². The topological polar surface area (TPSA) is 73.6 Å². The second-order valence-electron chi connectivity index (χ2n) is 5.05. The van der Waals surface area contributed by atoms with Crippen molar-refractivity contribution < 1.29 is 14.3 Å². The van der Waals surface area contributed by atoms with Crippen LogP contribution in [0.5, 0.6) is 5.75 Å². The molecule has 1 fully saturated rings. The van der Waals surface area contributed by atoms with Crippen LogP contribution in [0.3, 0.4) is 0 Å². The lowest BCUT2D eigenvalue weighted by atomic mass is 10.00. The van der Waals surface area contributed by atoms with Gasteiger partial charge in [-0.15, -0.1) is 0 Å². The minimum absolute atomic E-state index is 0.0128. The van der Waals surface area contributed by atoms with Gasteiger partial charge in [0.1, 0.15) is 5.75 Å². The number of amides is 1. The summed E-state index contributed by atoms with van der Waals surface area (Å²) >= 11 is 0. The van der Waals surface area contributed by atoms with Crippen molar-refractivity contribution in [2.75, 3.05) is 20.3 Å². The average Bonchev–Trinajstić information content (AvgIpc) is 2.91. The van der Waals surface area contributed by atoms with E-state index in [-0.39, 0.29) is 23.9 Å². The Hall–Kier alpha value is -1.59. The lowest BCUT2D eigenvalue weighted by Crippen LogP contribution is -2.42. The van der Waals surface area contributed by atoms with E-state index in [1.807, 2.05) is 31.2 Å². The molecule has 0 spiro atoms. The Morgan fingerprint density at radius 2 is 2.15 bits per heavy atom. The van der Waals surface area contributed by atoms with Crippen molar-refractivity contribution >= 4 is 5.91 Å². The van der Waals surface area contributed by atoms with Crippen molar-refractivity contribution in [3.8, 4) is 5.75 Å². The van der Waals surface area contributed by atoms with Gasteiger partial charge in [0.05, 0.1) is 32.3 Å². The Morgan fingerprint density at radius 1 is 1.45 bits per heavy atom. The van der Waals surface area contributed by atoms with Gasteiger partial charge in [0.25, 0.3) is 0 Å². The van der Waals surface area contributed by atoms with Gasteiger partial charge in [-0.25, -0.2) is 0 Å². The van der Waals surface area contributed by atoms with Gasteiger partial charge in [-0.3, -0.25) is 4.79 Å². The summed E-state index contributed by atoms with van der Waals surface area (Å²) in [5.41, 5.74) is 6.94. The fourth-order valence-corrected chi connectivity index (χ4v) is 2.38. The maximum absolute atomic E-state index is 12.2. The number of hydrogen-bond acceptors (Lipinski definition) is 4. The van der Waals surface area contributed by atoms with Crippen LogP contribution >= 0.6 is 0 Å². The van der Waals surface area contributed by atoms with Crippen molar-refractivity contribution in [2.45, 2.75) is 25.4 Å². The molecule has 1 aliphatic rings. The summed E-state index contributed by atoms with van der Waals surface area (Å²) in [6.07, 6.45) is 0.820. The van der Waals surface area contributed by atoms with E-state index in [0.29, 0.717) is 13.2 Å². The van der Waals surface area contributed by atoms with Crippen molar-refractivity contribution in [1.29, 1.82) is 0 Å². The number of hydrogen-bond donors (Lipinski definition) is 2. The largest absolute Gasteiger partial charge is 0.497 e. The molecule has 2 rings (SSSR count). The molecule has 3 atom stereocenters. The molecule has 0 radical (unpaired) electrons. The molecule has 0 aromatic heterocycles. The fraction of sp³-hybridized carbons (Fsp3) is 0.533. The number of carbonyl (C=O) groups excluding carboxylic acids is 1. The highest BCUT2D eigenvalue weighted by Crippen LogP contribution is 2.21. The molecule has 5 heteroatoms. The first-order chi connectivity index (χ1) is 9.65. The maximum Gasteiger partial charge on any atom is 0.227 e. The highest BCUT2D eigenvalue weighted by atomic mass is 16.5. The number of ether oxygens (including phenoxy) is 2. The van der Waals surface area contributed by atoms with Crippen molar-refractivity contribution in [2.24, 2.45) is 11.7 Å². The van der Waals surface area contributed by atoms with Crippen LogP contribution in [0.2, 0.25) is 0 Å². The average molecular weight is 278 g/mol. The Bertz CT molecular complexity index is 447. The van der Waals surface area contributed by atoms with E-state index in [9.17, 15) is 4.79 Å². The predicted molar refractivity (Wildman–Crippen MR) is 76.5 cm³/mol. The lowest BCUT2D eigenvalue weighted by Gasteiger charge is -2.21. The van der Waals surface area contributed by atoms with Crippen molar-refractivity contribution in [3.05, 3.63) is 29.8 Å². The van der Waals surface area contributed by atoms with E-state index >= 15 is 0 Å². The first-order valence-electron chi connectivity index (χ1n) is 6.93. The van der Waals surface area contributed by atoms with Crippen LogP contribution in [0.1, 0.15) is 24.9 Å². The van der Waals surface area contributed by atoms with E-state index in [1.54, 1.807) is 7.11 Å². The fourth-order valence-electron chi connectivity index (χ4n) is 2.38. The molecule has 3 N–H and O–H groups in total. The molecule has 5 nitrogen and oxygen atoms in total. The summed E-state index contributed by atoms with van der Waals surface area (Å²) in [6, 6.07) is 7.52. The van der Waals surface area contributed by atoms with Gasteiger partial charge in [-0.2, -0.15) is 0 Å². The number of carbonyl (C=O) groups is 1. The molecule has 1 heterocycles. The Labute approximate surface area is 119 Å².